The van der Waals surface area contributed by atoms with Crippen LogP contribution in [0.15, 0.2) is 49.4 Å². The summed E-state index contributed by atoms with van der Waals surface area (Å²) in [4.78, 5) is 15.8. The number of halogens is 1. The van der Waals surface area contributed by atoms with Gasteiger partial charge in [-0.2, -0.15) is 5.10 Å². The van der Waals surface area contributed by atoms with Crippen LogP contribution in [-0.2, 0) is 16.0 Å². The Kier molecular flexibility index (Phi) is 11.1. The zero-order valence-electron chi connectivity index (χ0n) is 28.2. The van der Waals surface area contributed by atoms with Gasteiger partial charge in [-0.15, -0.1) is 5.10 Å². The van der Waals surface area contributed by atoms with Gasteiger partial charge in [-0.3, -0.25) is 9.58 Å². The van der Waals surface area contributed by atoms with E-state index >= 15 is 0 Å². The van der Waals surface area contributed by atoms with Crippen molar-refractivity contribution in [2.24, 2.45) is 5.41 Å². The first-order valence-corrected chi connectivity index (χ1v) is 17.0. The first kappa shape index (κ1) is 34.1. The van der Waals surface area contributed by atoms with E-state index in [0.717, 1.165) is 68.8 Å². The second-order valence-electron chi connectivity index (χ2n) is 13.4. The number of morpholine rings is 1. The molecule has 13 nitrogen and oxygen atoms in total. The third-order valence-electron chi connectivity index (χ3n) is 8.84. The molecule has 1 aliphatic carbocycles. The molecule has 1 atom stereocenters. The Morgan fingerprint density at radius 2 is 1.79 bits per heavy atom. The Hall–Kier alpha value is -3.78. The van der Waals surface area contributed by atoms with Gasteiger partial charge in [0.25, 0.3) is 5.88 Å². The fraction of sp³-hybridized carbons (Fsp3) is 0.559. The standard InChI is InChI=1S/C34H46ClN9O4/c1-24(18-43-23-36-22-39-43)48-31-15-25(5-10-29(31)35)26-16-37-33(38-17-26)40-30-19-44(41-32(30)47-21-34(2,3)20-45-4)28-8-6-27(7-9-28)42-11-13-46-14-12-42/h5,10,15-17,19,22-24,27-28H,6-9,11-14,18,20-21H2,1-4H3,(H,37,38,40)/t24-,27-,28-/m0/s1. The molecule has 1 N–H and O–H groups in total. The summed E-state index contributed by atoms with van der Waals surface area (Å²) in [5.74, 6) is 1.55. The van der Waals surface area contributed by atoms with Gasteiger partial charge in [-0.25, -0.2) is 19.6 Å². The second-order valence-corrected chi connectivity index (χ2v) is 13.8. The van der Waals surface area contributed by atoms with Crippen molar-refractivity contribution in [1.29, 1.82) is 0 Å². The number of benzene rings is 1. The number of ether oxygens (including phenoxy) is 4. The minimum atomic E-state index is -0.181. The van der Waals surface area contributed by atoms with E-state index in [1.165, 1.54) is 6.33 Å². The zero-order valence-corrected chi connectivity index (χ0v) is 29.0. The maximum Gasteiger partial charge on any atom is 0.256 e. The quantitative estimate of drug-likeness (QED) is 0.177. The van der Waals surface area contributed by atoms with Crippen molar-refractivity contribution < 1.29 is 18.9 Å². The number of methoxy groups -OCH3 is 1. The van der Waals surface area contributed by atoms with Crippen molar-refractivity contribution in [2.75, 3.05) is 51.9 Å². The molecule has 258 valence electrons. The van der Waals surface area contributed by atoms with E-state index in [9.17, 15) is 0 Å². The average molecular weight is 680 g/mol. The largest absolute Gasteiger partial charge is 0.487 e. The van der Waals surface area contributed by atoms with Crippen molar-refractivity contribution in [2.45, 2.75) is 71.2 Å². The molecule has 0 unspecified atom stereocenters. The van der Waals surface area contributed by atoms with Crippen LogP contribution in [0.5, 0.6) is 11.6 Å². The lowest BCUT2D eigenvalue weighted by Gasteiger charge is -2.38. The summed E-state index contributed by atoms with van der Waals surface area (Å²) >= 11 is 6.48. The van der Waals surface area contributed by atoms with Gasteiger partial charge >= 0.3 is 0 Å². The molecule has 6 rings (SSSR count). The Balaban J connectivity index is 1.14. The number of rotatable bonds is 14. The van der Waals surface area contributed by atoms with Crippen LogP contribution < -0.4 is 14.8 Å². The average Bonchev–Trinajstić information content (AvgIpc) is 3.76. The molecule has 2 aliphatic rings. The predicted molar refractivity (Wildman–Crippen MR) is 183 cm³/mol. The van der Waals surface area contributed by atoms with Crippen molar-refractivity contribution >= 4 is 23.2 Å². The molecule has 1 saturated heterocycles. The molecule has 0 radical (unpaired) electrons. The van der Waals surface area contributed by atoms with Crippen LogP contribution in [0.25, 0.3) is 11.1 Å². The van der Waals surface area contributed by atoms with Crippen LogP contribution in [0, 0.1) is 5.41 Å². The topological polar surface area (TPSA) is 127 Å². The fourth-order valence-electron chi connectivity index (χ4n) is 6.36. The summed E-state index contributed by atoms with van der Waals surface area (Å²) in [6.45, 7) is 11.5. The van der Waals surface area contributed by atoms with Gasteiger partial charge < -0.3 is 24.3 Å². The van der Waals surface area contributed by atoms with Crippen LogP contribution in [0.1, 0.15) is 52.5 Å². The van der Waals surface area contributed by atoms with Crippen molar-refractivity contribution in [1.82, 2.24) is 39.4 Å². The maximum absolute atomic E-state index is 6.48. The van der Waals surface area contributed by atoms with Crippen LogP contribution in [0.4, 0.5) is 11.6 Å². The highest BCUT2D eigenvalue weighted by Gasteiger charge is 2.29. The molecule has 4 heterocycles. The zero-order chi connectivity index (χ0) is 33.5. The van der Waals surface area contributed by atoms with E-state index in [4.69, 9.17) is 35.6 Å². The van der Waals surface area contributed by atoms with E-state index in [0.29, 0.717) is 54.4 Å². The van der Waals surface area contributed by atoms with Gasteiger partial charge in [0.1, 0.15) is 30.2 Å². The Bertz CT molecular complexity index is 1580. The summed E-state index contributed by atoms with van der Waals surface area (Å²) in [6, 6.07) is 6.56. The summed E-state index contributed by atoms with van der Waals surface area (Å²) in [5.41, 5.74) is 2.27. The van der Waals surface area contributed by atoms with Crippen LogP contribution in [-0.4, -0.2) is 98.2 Å². The van der Waals surface area contributed by atoms with Gasteiger partial charge in [0, 0.05) is 49.6 Å². The highest BCUT2D eigenvalue weighted by atomic mass is 35.5. The molecule has 1 aromatic carbocycles. The van der Waals surface area contributed by atoms with Crippen molar-refractivity contribution in [3.05, 3.63) is 54.5 Å². The van der Waals surface area contributed by atoms with E-state index < -0.39 is 0 Å². The van der Waals surface area contributed by atoms with Crippen LogP contribution in [0.2, 0.25) is 5.02 Å². The number of aromatic nitrogens is 7. The van der Waals surface area contributed by atoms with Gasteiger partial charge in [-0.1, -0.05) is 31.5 Å². The van der Waals surface area contributed by atoms with Gasteiger partial charge in [-0.05, 0) is 50.3 Å². The van der Waals surface area contributed by atoms with E-state index in [1.807, 2.05) is 31.3 Å². The number of anilines is 2. The van der Waals surface area contributed by atoms with E-state index in [-0.39, 0.29) is 11.5 Å². The Labute approximate surface area is 286 Å². The molecular formula is C34H46ClN9O4. The molecule has 0 spiro atoms. The van der Waals surface area contributed by atoms with E-state index in [1.54, 1.807) is 30.5 Å². The number of hydrogen-bond donors (Lipinski definition) is 1. The molecule has 2 fully saturated rings. The first-order chi connectivity index (χ1) is 23.3. The smallest absolute Gasteiger partial charge is 0.256 e. The number of hydrogen-bond acceptors (Lipinski definition) is 11. The number of nitrogens with zero attached hydrogens (tertiary/aromatic N) is 8. The molecule has 48 heavy (non-hydrogen) atoms. The monoisotopic (exact) mass is 679 g/mol. The van der Waals surface area contributed by atoms with Crippen molar-refractivity contribution in [3.8, 4) is 22.8 Å². The highest BCUT2D eigenvalue weighted by Crippen LogP contribution is 2.36. The summed E-state index contributed by atoms with van der Waals surface area (Å²) < 4.78 is 27.2. The molecule has 3 aromatic heterocycles. The maximum atomic E-state index is 6.48. The third-order valence-corrected chi connectivity index (χ3v) is 9.15. The molecule has 0 amide bonds. The highest BCUT2D eigenvalue weighted by molar-refractivity contribution is 6.32. The minimum absolute atomic E-state index is 0.167. The number of nitrogens with one attached hydrogen (secondary N) is 1. The molecule has 1 aliphatic heterocycles. The summed E-state index contributed by atoms with van der Waals surface area (Å²) in [7, 11) is 1.71. The minimum Gasteiger partial charge on any atom is -0.487 e. The second kappa shape index (κ2) is 15.6. The summed E-state index contributed by atoms with van der Waals surface area (Å²) in [5, 5.41) is 13.0. The van der Waals surface area contributed by atoms with E-state index in [2.05, 4.69) is 48.8 Å². The van der Waals surface area contributed by atoms with Gasteiger partial charge in [0.15, 0.2) is 0 Å². The predicted octanol–water partition coefficient (Wildman–Crippen LogP) is 5.66. The normalized spacial score (nSPS) is 19.6. The van der Waals surface area contributed by atoms with Gasteiger partial charge in [0.05, 0.1) is 50.2 Å². The SMILES string of the molecule is COCC(C)(C)COc1nn([C@H]2CC[C@H](N3CCOCC3)CC2)cc1Nc1ncc(-c2ccc(Cl)c(O[C@@H](C)Cn3cncn3)c2)cn1. The Morgan fingerprint density at radius 3 is 2.50 bits per heavy atom. The summed E-state index contributed by atoms with van der Waals surface area (Å²) in [6.07, 6.45) is 13.0. The molecule has 1 saturated carbocycles. The van der Waals surface area contributed by atoms with Crippen LogP contribution >= 0.6 is 11.6 Å². The van der Waals surface area contributed by atoms with Crippen molar-refractivity contribution in [3.63, 3.8) is 0 Å². The molecular weight excluding hydrogens is 634 g/mol. The molecule has 0 bridgehead atoms. The lowest BCUT2D eigenvalue weighted by molar-refractivity contribution is 0.00499. The lowest BCUT2D eigenvalue weighted by Crippen LogP contribution is -2.45. The first-order valence-electron chi connectivity index (χ1n) is 16.7. The molecule has 4 aromatic rings. The van der Waals surface area contributed by atoms with Gasteiger partial charge in [0.2, 0.25) is 5.95 Å². The molecule has 14 heteroatoms. The lowest BCUT2D eigenvalue weighted by atomic mass is 9.90. The van der Waals surface area contributed by atoms with Crippen LogP contribution in [0.3, 0.4) is 0 Å². The Morgan fingerprint density at radius 1 is 1.04 bits per heavy atom. The third kappa shape index (κ3) is 8.81. The fourth-order valence-corrected chi connectivity index (χ4v) is 6.52.